The fourth-order valence-electron chi connectivity index (χ4n) is 3.98. The zero-order valence-electron chi connectivity index (χ0n) is 18.6. The number of nitro benzene ring substituents is 1. The Balaban J connectivity index is 1.69. The summed E-state index contributed by atoms with van der Waals surface area (Å²) in [4.78, 5) is 42.6. The van der Waals surface area contributed by atoms with Crippen LogP contribution in [-0.2, 0) is 13.0 Å². The van der Waals surface area contributed by atoms with Crippen molar-refractivity contribution in [2.45, 2.75) is 13.0 Å². The predicted octanol–water partition coefficient (Wildman–Crippen LogP) is 4.80. The number of hydrogen-bond acceptors (Lipinski definition) is 7. The van der Waals surface area contributed by atoms with Gasteiger partial charge in [0.15, 0.2) is 0 Å². The first kappa shape index (κ1) is 22.4. The standard InChI is InChI=1S/C26H19N3O5S/c1-34-19-12-6-16(7-13-19)14-15-28-24(17-8-10-18(11-9-17)29(32)33)27-25-22(26(28)31)23(30)20-4-2-3-5-21(20)35-25/h2-13H,14-15H2,1H3. The molecule has 0 atom stereocenters. The van der Waals surface area contributed by atoms with Crippen LogP contribution < -0.4 is 15.7 Å². The number of fused-ring (bicyclic) bond motifs is 2. The third-order valence-electron chi connectivity index (χ3n) is 5.82. The Hall–Kier alpha value is -4.37. The number of methoxy groups -OCH3 is 1. The Morgan fingerprint density at radius 3 is 2.40 bits per heavy atom. The van der Waals surface area contributed by atoms with E-state index in [9.17, 15) is 19.7 Å². The molecule has 35 heavy (non-hydrogen) atoms. The molecule has 9 heteroatoms. The fourth-order valence-corrected chi connectivity index (χ4v) is 5.02. The Kier molecular flexibility index (Phi) is 5.84. The van der Waals surface area contributed by atoms with E-state index in [1.807, 2.05) is 36.4 Å². The highest BCUT2D eigenvalue weighted by atomic mass is 32.1. The molecule has 0 aliphatic rings. The lowest BCUT2D eigenvalue weighted by atomic mass is 10.1. The Bertz CT molecular complexity index is 1690. The van der Waals surface area contributed by atoms with Gasteiger partial charge in [-0.3, -0.25) is 24.3 Å². The van der Waals surface area contributed by atoms with Crippen molar-refractivity contribution in [3.63, 3.8) is 0 Å². The normalized spacial score (nSPS) is 11.1. The molecule has 0 radical (unpaired) electrons. The van der Waals surface area contributed by atoms with Gasteiger partial charge in [-0.25, -0.2) is 4.98 Å². The second kappa shape index (κ2) is 9.11. The number of hydrogen-bond donors (Lipinski definition) is 0. The average Bonchev–Trinajstić information content (AvgIpc) is 2.88. The molecule has 0 unspecified atom stereocenters. The molecule has 0 N–H and O–H groups in total. The molecular weight excluding hydrogens is 466 g/mol. The summed E-state index contributed by atoms with van der Waals surface area (Å²) in [6.07, 6.45) is 0.516. The van der Waals surface area contributed by atoms with E-state index in [2.05, 4.69) is 0 Å². The van der Waals surface area contributed by atoms with Crippen molar-refractivity contribution in [2.24, 2.45) is 0 Å². The van der Waals surface area contributed by atoms with Crippen molar-refractivity contribution in [3.05, 3.63) is 109 Å². The SMILES string of the molecule is COc1ccc(CCn2c(-c3ccc([N+](=O)[O-])cc3)nc3sc4ccccc4c(=O)c3c2=O)cc1. The van der Waals surface area contributed by atoms with Gasteiger partial charge in [0.25, 0.3) is 11.2 Å². The molecule has 0 spiro atoms. The first-order chi connectivity index (χ1) is 17.0. The predicted molar refractivity (Wildman–Crippen MR) is 136 cm³/mol. The van der Waals surface area contributed by atoms with Crippen LogP contribution in [0.5, 0.6) is 5.75 Å². The lowest BCUT2D eigenvalue weighted by molar-refractivity contribution is -0.384. The topological polar surface area (TPSA) is 104 Å². The minimum absolute atomic E-state index is 0.0501. The van der Waals surface area contributed by atoms with Crippen molar-refractivity contribution in [1.29, 1.82) is 0 Å². The molecule has 0 fully saturated rings. The minimum Gasteiger partial charge on any atom is -0.497 e. The third kappa shape index (κ3) is 4.17. The lowest BCUT2D eigenvalue weighted by Crippen LogP contribution is -2.28. The monoisotopic (exact) mass is 485 g/mol. The first-order valence-electron chi connectivity index (χ1n) is 10.8. The van der Waals surface area contributed by atoms with E-state index >= 15 is 0 Å². The summed E-state index contributed by atoms with van der Waals surface area (Å²) < 4.78 is 7.43. The van der Waals surface area contributed by atoms with Crippen LogP contribution in [-0.4, -0.2) is 21.6 Å². The zero-order chi connectivity index (χ0) is 24.5. The van der Waals surface area contributed by atoms with E-state index in [1.165, 1.54) is 28.0 Å². The summed E-state index contributed by atoms with van der Waals surface area (Å²) in [5, 5.41) is 11.6. The Morgan fingerprint density at radius 1 is 1.00 bits per heavy atom. The fraction of sp³-hybridized carbons (Fsp3) is 0.115. The van der Waals surface area contributed by atoms with Gasteiger partial charge < -0.3 is 4.74 Å². The van der Waals surface area contributed by atoms with Gasteiger partial charge in [-0.05, 0) is 48.4 Å². The average molecular weight is 486 g/mol. The quantitative estimate of drug-likeness (QED) is 0.194. The van der Waals surface area contributed by atoms with E-state index in [4.69, 9.17) is 9.72 Å². The number of aryl methyl sites for hydroxylation is 1. The smallest absolute Gasteiger partial charge is 0.269 e. The van der Waals surface area contributed by atoms with Gasteiger partial charge in [0, 0.05) is 34.3 Å². The van der Waals surface area contributed by atoms with Crippen molar-refractivity contribution in [3.8, 4) is 17.1 Å². The summed E-state index contributed by atoms with van der Waals surface area (Å²) in [7, 11) is 1.59. The van der Waals surface area contributed by atoms with E-state index in [1.54, 1.807) is 31.4 Å². The highest BCUT2D eigenvalue weighted by Crippen LogP contribution is 2.26. The highest BCUT2D eigenvalue weighted by Gasteiger charge is 2.18. The van der Waals surface area contributed by atoms with E-state index < -0.39 is 10.5 Å². The first-order valence-corrected chi connectivity index (χ1v) is 11.6. The van der Waals surface area contributed by atoms with Crippen molar-refractivity contribution in [1.82, 2.24) is 9.55 Å². The molecule has 8 nitrogen and oxygen atoms in total. The van der Waals surface area contributed by atoms with Crippen LogP contribution in [0.1, 0.15) is 5.56 Å². The maximum Gasteiger partial charge on any atom is 0.269 e. The molecule has 0 aliphatic carbocycles. The molecule has 5 rings (SSSR count). The van der Waals surface area contributed by atoms with Gasteiger partial charge in [-0.2, -0.15) is 0 Å². The molecule has 0 bridgehead atoms. The van der Waals surface area contributed by atoms with E-state index in [0.717, 1.165) is 16.0 Å². The molecule has 0 amide bonds. The maximum absolute atomic E-state index is 13.7. The number of ether oxygens (including phenoxy) is 1. The van der Waals surface area contributed by atoms with Crippen LogP contribution in [0.15, 0.2) is 82.4 Å². The van der Waals surface area contributed by atoms with Gasteiger partial charge in [-0.15, -0.1) is 11.3 Å². The molecule has 0 saturated heterocycles. The molecule has 5 aromatic rings. The molecule has 2 heterocycles. The summed E-state index contributed by atoms with van der Waals surface area (Å²) in [5.74, 6) is 1.09. The summed E-state index contributed by atoms with van der Waals surface area (Å²) in [6.45, 7) is 0.275. The maximum atomic E-state index is 13.7. The molecule has 0 saturated carbocycles. The molecule has 174 valence electrons. The zero-order valence-corrected chi connectivity index (χ0v) is 19.5. The van der Waals surface area contributed by atoms with Crippen LogP contribution in [0.3, 0.4) is 0 Å². The summed E-state index contributed by atoms with van der Waals surface area (Å²) >= 11 is 1.28. The largest absolute Gasteiger partial charge is 0.497 e. The van der Waals surface area contributed by atoms with Gasteiger partial charge in [-0.1, -0.05) is 24.3 Å². The van der Waals surface area contributed by atoms with Gasteiger partial charge in [0.05, 0.1) is 12.0 Å². The van der Waals surface area contributed by atoms with Gasteiger partial charge >= 0.3 is 0 Å². The van der Waals surface area contributed by atoms with Crippen molar-refractivity contribution < 1.29 is 9.66 Å². The number of non-ortho nitro benzene ring substituents is 1. The highest BCUT2D eigenvalue weighted by molar-refractivity contribution is 7.24. The second-order valence-electron chi connectivity index (χ2n) is 7.90. The van der Waals surface area contributed by atoms with Crippen LogP contribution in [0.2, 0.25) is 0 Å². The number of rotatable bonds is 6. The Morgan fingerprint density at radius 2 is 1.71 bits per heavy atom. The molecule has 3 aromatic carbocycles. The molecular formula is C26H19N3O5S. The van der Waals surface area contributed by atoms with Crippen LogP contribution in [0, 0.1) is 10.1 Å². The summed E-state index contributed by atoms with van der Waals surface area (Å²) in [6, 6.07) is 20.5. The number of nitro groups is 1. The summed E-state index contributed by atoms with van der Waals surface area (Å²) in [5.41, 5.74) is 0.703. The Labute approximate surface area is 202 Å². The van der Waals surface area contributed by atoms with Gasteiger partial charge in [0.2, 0.25) is 5.43 Å². The molecule has 2 aromatic heterocycles. The van der Waals surface area contributed by atoms with Gasteiger partial charge in [0.1, 0.15) is 21.8 Å². The van der Waals surface area contributed by atoms with Crippen LogP contribution >= 0.6 is 11.3 Å². The van der Waals surface area contributed by atoms with Crippen molar-refractivity contribution in [2.75, 3.05) is 7.11 Å². The minimum atomic E-state index is -0.480. The van der Waals surface area contributed by atoms with E-state index in [-0.39, 0.29) is 23.0 Å². The molecule has 0 aliphatic heterocycles. The number of benzene rings is 3. The van der Waals surface area contributed by atoms with Crippen molar-refractivity contribution >= 4 is 37.3 Å². The van der Waals surface area contributed by atoms with Crippen LogP contribution in [0.4, 0.5) is 5.69 Å². The van der Waals surface area contributed by atoms with E-state index in [0.29, 0.717) is 28.0 Å². The third-order valence-corrected chi connectivity index (χ3v) is 6.89. The lowest BCUT2D eigenvalue weighted by Gasteiger charge is -2.14. The second-order valence-corrected chi connectivity index (χ2v) is 8.93. The number of aromatic nitrogens is 2. The number of nitrogens with zero attached hydrogens (tertiary/aromatic N) is 3. The van der Waals surface area contributed by atoms with Crippen LogP contribution in [0.25, 0.3) is 31.7 Å².